The minimum absolute atomic E-state index is 0.0949. The number of piperidine rings is 1. The first-order chi connectivity index (χ1) is 10.8. The first-order valence-electron chi connectivity index (χ1n) is 7.58. The number of carbonyl (C=O) groups is 1. The second-order valence-corrected chi connectivity index (χ2v) is 6.66. The number of likely N-dealkylation sites (tertiary alicyclic amines) is 1. The van der Waals surface area contributed by atoms with Crippen LogP contribution in [0.3, 0.4) is 0 Å². The molecule has 1 amide bonds. The Labute approximate surface area is 132 Å². The number of benzene rings is 1. The molecule has 0 spiro atoms. The molecular formula is C17H17N3OS. The third-order valence-electron chi connectivity index (χ3n) is 4.27. The van der Waals surface area contributed by atoms with Crippen LogP contribution in [-0.4, -0.2) is 33.9 Å². The molecule has 22 heavy (non-hydrogen) atoms. The number of aromatic nitrogens is 2. The summed E-state index contributed by atoms with van der Waals surface area (Å²) in [5.41, 5.74) is 1.69. The Morgan fingerprint density at radius 1 is 1.36 bits per heavy atom. The molecule has 0 bridgehead atoms. The third-order valence-corrected chi connectivity index (χ3v) is 5.21. The molecule has 1 aliphatic heterocycles. The van der Waals surface area contributed by atoms with Crippen molar-refractivity contribution in [1.82, 2.24) is 14.9 Å². The van der Waals surface area contributed by atoms with Gasteiger partial charge in [-0.25, -0.2) is 4.98 Å². The summed E-state index contributed by atoms with van der Waals surface area (Å²) in [6.07, 6.45) is 4.00. The molecule has 1 saturated heterocycles. The molecule has 3 heterocycles. The Bertz CT molecular complexity index is 760. The van der Waals surface area contributed by atoms with E-state index >= 15 is 0 Å². The van der Waals surface area contributed by atoms with E-state index in [1.54, 1.807) is 11.3 Å². The predicted octanol–water partition coefficient (Wildman–Crippen LogP) is 3.64. The third kappa shape index (κ3) is 2.41. The zero-order valence-electron chi connectivity index (χ0n) is 12.2. The fraction of sp³-hybridized carbons (Fsp3) is 0.294. The Hall–Kier alpha value is -2.14. The van der Waals surface area contributed by atoms with Crippen LogP contribution in [0.15, 0.2) is 41.9 Å². The van der Waals surface area contributed by atoms with Gasteiger partial charge < -0.3 is 9.88 Å². The summed E-state index contributed by atoms with van der Waals surface area (Å²) < 4.78 is 0. The van der Waals surface area contributed by atoms with Gasteiger partial charge in [-0.05, 0) is 25.0 Å². The van der Waals surface area contributed by atoms with E-state index in [4.69, 9.17) is 0 Å². The van der Waals surface area contributed by atoms with Crippen LogP contribution in [0.1, 0.15) is 34.3 Å². The lowest BCUT2D eigenvalue weighted by molar-refractivity contribution is 0.0702. The van der Waals surface area contributed by atoms with Crippen molar-refractivity contribution in [2.45, 2.75) is 18.8 Å². The smallest absolute Gasteiger partial charge is 0.270 e. The lowest BCUT2D eigenvalue weighted by atomic mass is 9.98. The standard InChI is InChI=1S/C17H17N3OS/c21-17(15-10-12-4-1-2-6-14(12)19-15)20-8-3-5-13(11-20)16-18-7-9-22-16/h1-2,4,6-7,9-10,13,19H,3,5,8,11H2/t13-/m0/s1. The number of rotatable bonds is 2. The zero-order chi connectivity index (χ0) is 14.9. The van der Waals surface area contributed by atoms with Gasteiger partial charge in [-0.2, -0.15) is 0 Å². The number of carbonyl (C=O) groups excluding carboxylic acids is 1. The molecular weight excluding hydrogens is 294 g/mol. The number of para-hydroxylation sites is 1. The van der Waals surface area contributed by atoms with Crippen LogP contribution < -0.4 is 0 Å². The Morgan fingerprint density at radius 3 is 3.09 bits per heavy atom. The minimum Gasteiger partial charge on any atom is -0.351 e. The molecule has 2 aromatic heterocycles. The molecule has 4 nitrogen and oxygen atoms in total. The summed E-state index contributed by atoms with van der Waals surface area (Å²) in [4.78, 5) is 22.4. The van der Waals surface area contributed by atoms with E-state index in [0.29, 0.717) is 11.6 Å². The number of amides is 1. The molecule has 0 radical (unpaired) electrons. The second-order valence-electron chi connectivity index (χ2n) is 5.73. The van der Waals surface area contributed by atoms with Crippen molar-refractivity contribution in [1.29, 1.82) is 0 Å². The van der Waals surface area contributed by atoms with Crippen LogP contribution >= 0.6 is 11.3 Å². The number of thiazole rings is 1. The van der Waals surface area contributed by atoms with Gasteiger partial charge in [0.15, 0.2) is 0 Å². The first-order valence-corrected chi connectivity index (χ1v) is 8.45. The molecule has 1 N–H and O–H groups in total. The van der Waals surface area contributed by atoms with Crippen LogP contribution in [0, 0.1) is 0 Å². The number of hydrogen-bond acceptors (Lipinski definition) is 3. The SMILES string of the molecule is O=C(c1cc2ccccc2[nH]1)N1CCC[C@H](c2nccs2)C1. The topological polar surface area (TPSA) is 49.0 Å². The second kappa shape index (κ2) is 5.57. The van der Waals surface area contributed by atoms with E-state index in [1.165, 1.54) is 0 Å². The van der Waals surface area contributed by atoms with E-state index in [0.717, 1.165) is 41.8 Å². The van der Waals surface area contributed by atoms with Crippen LogP contribution in [-0.2, 0) is 0 Å². The number of H-pyrrole nitrogens is 1. The highest BCUT2D eigenvalue weighted by molar-refractivity contribution is 7.09. The fourth-order valence-corrected chi connectivity index (χ4v) is 3.93. The first kappa shape index (κ1) is 13.5. The lowest BCUT2D eigenvalue weighted by Crippen LogP contribution is -2.39. The van der Waals surface area contributed by atoms with Gasteiger partial charge in [-0.3, -0.25) is 4.79 Å². The highest BCUT2D eigenvalue weighted by Gasteiger charge is 2.27. The number of nitrogens with zero attached hydrogens (tertiary/aromatic N) is 2. The molecule has 0 aliphatic carbocycles. The number of fused-ring (bicyclic) bond motifs is 1. The van der Waals surface area contributed by atoms with Gasteiger partial charge >= 0.3 is 0 Å². The highest BCUT2D eigenvalue weighted by Crippen LogP contribution is 2.29. The summed E-state index contributed by atoms with van der Waals surface area (Å²) in [5, 5.41) is 4.24. The highest BCUT2D eigenvalue weighted by atomic mass is 32.1. The molecule has 3 aromatic rings. The van der Waals surface area contributed by atoms with Crippen LogP contribution in [0.5, 0.6) is 0 Å². The Balaban J connectivity index is 1.56. The van der Waals surface area contributed by atoms with Crippen molar-refractivity contribution in [2.75, 3.05) is 13.1 Å². The largest absolute Gasteiger partial charge is 0.351 e. The van der Waals surface area contributed by atoms with Crippen LogP contribution in [0.25, 0.3) is 10.9 Å². The Morgan fingerprint density at radius 2 is 2.27 bits per heavy atom. The number of nitrogens with one attached hydrogen (secondary N) is 1. The summed E-state index contributed by atoms with van der Waals surface area (Å²) >= 11 is 1.69. The molecule has 1 aromatic carbocycles. The average Bonchev–Trinajstić information content (AvgIpc) is 3.23. The van der Waals surface area contributed by atoms with E-state index in [-0.39, 0.29) is 5.91 Å². The summed E-state index contributed by atoms with van der Waals surface area (Å²) in [6.45, 7) is 1.60. The average molecular weight is 311 g/mol. The molecule has 0 unspecified atom stereocenters. The van der Waals surface area contributed by atoms with Crippen molar-refractivity contribution in [3.63, 3.8) is 0 Å². The monoisotopic (exact) mass is 311 g/mol. The van der Waals surface area contributed by atoms with Gasteiger partial charge in [-0.1, -0.05) is 18.2 Å². The normalized spacial score (nSPS) is 18.7. The van der Waals surface area contributed by atoms with Crippen molar-refractivity contribution in [3.05, 3.63) is 52.6 Å². The molecule has 4 rings (SSSR count). The molecule has 0 saturated carbocycles. The van der Waals surface area contributed by atoms with Gasteiger partial charge in [0.2, 0.25) is 0 Å². The molecule has 1 aliphatic rings. The number of aromatic amines is 1. The molecule has 1 fully saturated rings. The Kier molecular flexibility index (Phi) is 3.42. The van der Waals surface area contributed by atoms with Gasteiger partial charge in [0.25, 0.3) is 5.91 Å². The lowest BCUT2D eigenvalue weighted by Gasteiger charge is -2.31. The zero-order valence-corrected chi connectivity index (χ0v) is 13.0. The van der Waals surface area contributed by atoms with Crippen molar-refractivity contribution >= 4 is 28.1 Å². The van der Waals surface area contributed by atoms with Crippen LogP contribution in [0.4, 0.5) is 0 Å². The molecule has 5 heteroatoms. The summed E-state index contributed by atoms with van der Waals surface area (Å²) in [6, 6.07) is 9.94. The van der Waals surface area contributed by atoms with E-state index in [1.807, 2.05) is 46.8 Å². The maximum Gasteiger partial charge on any atom is 0.270 e. The molecule has 112 valence electrons. The van der Waals surface area contributed by atoms with Crippen LogP contribution in [0.2, 0.25) is 0 Å². The fourth-order valence-electron chi connectivity index (χ4n) is 3.16. The van der Waals surface area contributed by atoms with E-state index in [9.17, 15) is 4.79 Å². The number of hydrogen-bond donors (Lipinski definition) is 1. The van der Waals surface area contributed by atoms with E-state index < -0.39 is 0 Å². The maximum absolute atomic E-state index is 12.8. The maximum atomic E-state index is 12.8. The quantitative estimate of drug-likeness (QED) is 0.785. The molecule has 1 atom stereocenters. The summed E-state index contributed by atoms with van der Waals surface area (Å²) in [5.74, 6) is 0.472. The summed E-state index contributed by atoms with van der Waals surface area (Å²) in [7, 11) is 0. The minimum atomic E-state index is 0.0949. The van der Waals surface area contributed by atoms with Crippen molar-refractivity contribution < 1.29 is 4.79 Å². The predicted molar refractivity (Wildman–Crippen MR) is 88.3 cm³/mol. The van der Waals surface area contributed by atoms with Gasteiger partial charge in [0, 0.05) is 41.5 Å². The van der Waals surface area contributed by atoms with Gasteiger partial charge in [0.05, 0.1) is 5.01 Å². The van der Waals surface area contributed by atoms with Crippen molar-refractivity contribution in [3.8, 4) is 0 Å². The van der Waals surface area contributed by atoms with Gasteiger partial charge in [0.1, 0.15) is 5.69 Å². The van der Waals surface area contributed by atoms with Gasteiger partial charge in [-0.15, -0.1) is 11.3 Å². The van der Waals surface area contributed by atoms with Crippen molar-refractivity contribution in [2.24, 2.45) is 0 Å². The van der Waals surface area contributed by atoms with E-state index in [2.05, 4.69) is 9.97 Å².